The van der Waals surface area contributed by atoms with E-state index >= 15 is 0 Å². The predicted octanol–water partition coefficient (Wildman–Crippen LogP) is 3.50. The number of para-hydroxylation sites is 1. The highest BCUT2D eigenvalue weighted by Crippen LogP contribution is 2.21. The molecular formula is C15H14BrNO2. The van der Waals surface area contributed by atoms with E-state index < -0.39 is 0 Å². The lowest BCUT2D eigenvalue weighted by atomic mass is 10.1. The molecular weight excluding hydrogens is 306 g/mol. The van der Waals surface area contributed by atoms with Crippen molar-refractivity contribution < 1.29 is 9.90 Å². The summed E-state index contributed by atoms with van der Waals surface area (Å²) in [5.74, 6) is -0.198. The quantitative estimate of drug-likeness (QED) is 0.909. The van der Waals surface area contributed by atoms with Gasteiger partial charge in [-0.2, -0.15) is 0 Å². The first-order valence-electron chi connectivity index (χ1n) is 5.88. The van der Waals surface area contributed by atoms with Crippen LogP contribution in [-0.2, 0) is 6.61 Å². The third kappa shape index (κ3) is 3.22. The van der Waals surface area contributed by atoms with Crippen molar-refractivity contribution >= 4 is 27.5 Å². The zero-order valence-corrected chi connectivity index (χ0v) is 12.1. The molecule has 0 radical (unpaired) electrons. The highest BCUT2D eigenvalue weighted by atomic mass is 79.9. The summed E-state index contributed by atoms with van der Waals surface area (Å²) in [5.41, 5.74) is 2.92. The highest BCUT2D eigenvalue weighted by Gasteiger charge is 2.12. The molecule has 98 valence electrons. The molecule has 0 unspecified atom stereocenters. The fourth-order valence-electron chi connectivity index (χ4n) is 1.78. The monoisotopic (exact) mass is 319 g/mol. The van der Waals surface area contributed by atoms with Gasteiger partial charge in [0, 0.05) is 15.7 Å². The maximum absolute atomic E-state index is 12.2. The zero-order chi connectivity index (χ0) is 13.8. The number of hydrogen-bond donors (Lipinski definition) is 2. The largest absolute Gasteiger partial charge is 0.392 e. The van der Waals surface area contributed by atoms with Crippen LogP contribution in [0.1, 0.15) is 21.5 Å². The molecule has 0 saturated carbocycles. The van der Waals surface area contributed by atoms with Crippen LogP contribution in [0.4, 0.5) is 5.69 Å². The van der Waals surface area contributed by atoms with E-state index in [1.807, 2.05) is 37.3 Å². The van der Waals surface area contributed by atoms with Crippen LogP contribution in [0, 0.1) is 6.92 Å². The lowest BCUT2D eigenvalue weighted by molar-refractivity contribution is 0.102. The molecule has 3 nitrogen and oxygen atoms in total. The van der Waals surface area contributed by atoms with Gasteiger partial charge in [0.05, 0.1) is 12.2 Å². The molecule has 4 heteroatoms. The van der Waals surface area contributed by atoms with E-state index in [4.69, 9.17) is 0 Å². The van der Waals surface area contributed by atoms with Crippen LogP contribution in [0.15, 0.2) is 46.9 Å². The number of aliphatic hydroxyl groups is 1. The average Bonchev–Trinajstić information content (AvgIpc) is 2.42. The van der Waals surface area contributed by atoms with Crippen LogP contribution in [0.25, 0.3) is 0 Å². The smallest absolute Gasteiger partial charge is 0.256 e. The van der Waals surface area contributed by atoms with E-state index in [9.17, 15) is 9.90 Å². The number of anilines is 1. The Bertz CT molecular complexity index is 611. The van der Waals surface area contributed by atoms with Crippen molar-refractivity contribution in [3.05, 3.63) is 63.6 Å². The van der Waals surface area contributed by atoms with Gasteiger partial charge in [0.1, 0.15) is 0 Å². The van der Waals surface area contributed by atoms with Crippen LogP contribution in [0.5, 0.6) is 0 Å². The van der Waals surface area contributed by atoms with E-state index in [2.05, 4.69) is 21.2 Å². The first-order chi connectivity index (χ1) is 9.11. The Labute approximate surface area is 120 Å². The summed E-state index contributed by atoms with van der Waals surface area (Å²) in [6.45, 7) is 1.83. The Balaban J connectivity index is 2.28. The number of carbonyl (C=O) groups excluding carboxylic acids is 1. The molecule has 0 aliphatic carbocycles. The Morgan fingerprint density at radius 2 is 2.00 bits per heavy atom. The van der Waals surface area contributed by atoms with Gasteiger partial charge >= 0.3 is 0 Å². The van der Waals surface area contributed by atoms with Crippen molar-refractivity contribution in [2.75, 3.05) is 5.32 Å². The number of benzene rings is 2. The zero-order valence-electron chi connectivity index (χ0n) is 10.5. The molecule has 2 N–H and O–H groups in total. The molecule has 2 rings (SSSR count). The SMILES string of the molecule is Cc1ccc(Br)c(C(=O)Nc2ccccc2CO)c1. The number of carbonyl (C=O) groups is 1. The second-order valence-electron chi connectivity index (χ2n) is 4.25. The fraction of sp³-hybridized carbons (Fsp3) is 0.133. The fourth-order valence-corrected chi connectivity index (χ4v) is 2.21. The summed E-state index contributed by atoms with van der Waals surface area (Å²) in [7, 11) is 0. The third-order valence-corrected chi connectivity index (χ3v) is 3.49. The van der Waals surface area contributed by atoms with E-state index in [0.717, 1.165) is 10.0 Å². The number of aryl methyl sites for hydroxylation is 1. The van der Waals surface area contributed by atoms with Gasteiger partial charge in [-0.25, -0.2) is 0 Å². The second-order valence-corrected chi connectivity index (χ2v) is 5.11. The summed E-state index contributed by atoms with van der Waals surface area (Å²) >= 11 is 3.37. The summed E-state index contributed by atoms with van der Waals surface area (Å²) in [5, 5.41) is 12.1. The normalized spacial score (nSPS) is 10.3. The maximum Gasteiger partial charge on any atom is 0.256 e. The predicted molar refractivity (Wildman–Crippen MR) is 79.2 cm³/mol. The van der Waals surface area contributed by atoms with Gasteiger partial charge in [-0.1, -0.05) is 29.8 Å². The molecule has 0 aliphatic heterocycles. The van der Waals surface area contributed by atoms with Crippen molar-refractivity contribution in [1.82, 2.24) is 0 Å². The third-order valence-electron chi connectivity index (χ3n) is 2.80. The van der Waals surface area contributed by atoms with Gasteiger partial charge < -0.3 is 10.4 Å². The molecule has 19 heavy (non-hydrogen) atoms. The number of nitrogens with one attached hydrogen (secondary N) is 1. The van der Waals surface area contributed by atoms with Gasteiger partial charge in [0.25, 0.3) is 5.91 Å². The van der Waals surface area contributed by atoms with Gasteiger partial charge in [-0.3, -0.25) is 4.79 Å². The average molecular weight is 320 g/mol. The summed E-state index contributed by atoms with van der Waals surface area (Å²) < 4.78 is 0.747. The lowest BCUT2D eigenvalue weighted by Gasteiger charge is -2.10. The molecule has 2 aromatic carbocycles. The first-order valence-corrected chi connectivity index (χ1v) is 6.67. The molecule has 0 saturated heterocycles. The highest BCUT2D eigenvalue weighted by molar-refractivity contribution is 9.10. The Hall–Kier alpha value is -1.65. The maximum atomic E-state index is 12.2. The molecule has 1 amide bonds. The van der Waals surface area contributed by atoms with Crippen LogP contribution in [-0.4, -0.2) is 11.0 Å². The lowest BCUT2D eigenvalue weighted by Crippen LogP contribution is -2.14. The summed E-state index contributed by atoms with van der Waals surface area (Å²) in [4.78, 5) is 12.2. The van der Waals surface area contributed by atoms with Gasteiger partial charge in [-0.05, 0) is 41.1 Å². The number of rotatable bonds is 3. The molecule has 2 aromatic rings. The summed E-state index contributed by atoms with van der Waals surface area (Å²) in [6, 6.07) is 12.8. The molecule has 0 spiro atoms. The first kappa shape index (κ1) is 13.8. The molecule has 0 aromatic heterocycles. The molecule has 0 bridgehead atoms. The Morgan fingerprint density at radius 3 is 2.74 bits per heavy atom. The molecule has 0 atom stereocenters. The van der Waals surface area contributed by atoms with E-state index in [1.165, 1.54) is 0 Å². The number of amides is 1. The molecule has 0 fully saturated rings. The number of hydrogen-bond acceptors (Lipinski definition) is 2. The van der Waals surface area contributed by atoms with E-state index in [0.29, 0.717) is 16.8 Å². The second kappa shape index (κ2) is 5.99. The van der Waals surface area contributed by atoms with Crippen molar-refractivity contribution in [3.63, 3.8) is 0 Å². The van der Waals surface area contributed by atoms with Gasteiger partial charge in [-0.15, -0.1) is 0 Å². The van der Waals surface area contributed by atoms with Crippen LogP contribution >= 0.6 is 15.9 Å². The standard InChI is InChI=1S/C15H14BrNO2/c1-10-6-7-13(16)12(8-10)15(19)17-14-5-3-2-4-11(14)9-18/h2-8,18H,9H2,1H3,(H,17,19). The van der Waals surface area contributed by atoms with Crippen LogP contribution in [0.2, 0.25) is 0 Å². The minimum Gasteiger partial charge on any atom is -0.392 e. The van der Waals surface area contributed by atoms with Crippen molar-refractivity contribution in [2.45, 2.75) is 13.5 Å². The van der Waals surface area contributed by atoms with Crippen LogP contribution < -0.4 is 5.32 Å². The van der Waals surface area contributed by atoms with E-state index in [1.54, 1.807) is 12.1 Å². The van der Waals surface area contributed by atoms with Crippen LogP contribution in [0.3, 0.4) is 0 Å². The Kier molecular flexibility index (Phi) is 4.35. The molecule has 0 heterocycles. The molecule has 0 aliphatic rings. The van der Waals surface area contributed by atoms with Gasteiger partial charge in [0.2, 0.25) is 0 Å². The topological polar surface area (TPSA) is 49.3 Å². The minimum atomic E-state index is -0.198. The van der Waals surface area contributed by atoms with Crippen molar-refractivity contribution in [3.8, 4) is 0 Å². The Morgan fingerprint density at radius 1 is 1.26 bits per heavy atom. The summed E-state index contributed by atoms with van der Waals surface area (Å²) in [6.07, 6.45) is 0. The van der Waals surface area contributed by atoms with E-state index in [-0.39, 0.29) is 12.5 Å². The minimum absolute atomic E-state index is 0.106. The van der Waals surface area contributed by atoms with Crippen molar-refractivity contribution in [2.24, 2.45) is 0 Å². The van der Waals surface area contributed by atoms with Crippen molar-refractivity contribution in [1.29, 1.82) is 0 Å². The number of aliphatic hydroxyl groups excluding tert-OH is 1. The number of halogens is 1. The van der Waals surface area contributed by atoms with Gasteiger partial charge in [0.15, 0.2) is 0 Å².